The average Bonchev–Trinajstić information content (AvgIpc) is 2.94. The molecular weight excluding hydrogens is 350 g/mol. The number of imide groups is 1. The van der Waals surface area contributed by atoms with Crippen molar-refractivity contribution in [2.24, 2.45) is 0 Å². The molecule has 0 spiro atoms. The maximum Gasteiger partial charge on any atom is 0.286 e. The van der Waals surface area contributed by atoms with Gasteiger partial charge in [-0.05, 0) is 44.0 Å². The molecule has 1 saturated heterocycles. The molecular formula is C20H25NO4S. The van der Waals surface area contributed by atoms with Crippen LogP contribution in [0.3, 0.4) is 0 Å². The first-order valence-electron chi connectivity index (χ1n) is 8.51. The molecule has 1 aliphatic rings. The van der Waals surface area contributed by atoms with Crippen LogP contribution in [0.1, 0.15) is 38.7 Å². The van der Waals surface area contributed by atoms with E-state index in [1.807, 2.05) is 44.2 Å². The van der Waals surface area contributed by atoms with Crippen LogP contribution >= 0.6 is 11.8 Å². The second kappa shape index (κ2) is 9.48. The predicted molar refractivity (Wildman–Crippen MR) is 104 cm³/mol. The van der Waals surface area contributed by atoms with E-state index in [1.165, 1.54) is 0 Å². The number of carbonyl (C=O) groups is 2. The number of methoxy groups -OCH3 is 1. The second-order valence-corrected chi connectivity index (χ2v) is 7.54. The number of hydrogen-bond acceptors (Lipinski definition) is 5. The van der Waals surface area contributed by atoms with Crippen molar-refractivity contribution >= 4 is 22.9 Å². The SMILES string of the molecule is COc1cccc([C@H](C)CO/C(C)=C/C=C(\C)CC2SC(=O)NC2=O)c1. The summed E-state index contributed by atoms with van der Waals surface area (Å²) < 4.78 is 11.1. The van der Waals surface area contributed by atoms with E-state index in [2.05, 4.69) is 18.3 Å². The van der Waals surface area contributed by atoms with Crippen molar-refractivity contribution in [2.45, 2.75) is 38.4 Å². The largest absolute Gasteiger partial charge is 0.498 e. The fourth-order valence-corrected chi connectivity index (χ4v) is 3.43. The van der Waals surface area contributed by atoms with Gasteiger partial charge in [-0.3, -0.25) is 14.9 Å². The summed E-state index contributed by atoms with van der Waals surface area (Å²) in [6, 6.07) is 7.97. The average molecular weight is 375 g/mol. The number of amides is 2. The van der Waals surface area contributed by atoms with Gasteiger partial charge in [-0.25, -0.2) is 0 Å². The lowest BCUT2D eigenvalue weighted by Gasteiger charge is -2.14. The summed E-state index contributed by atoms with van der Waals surface area (Å²) in [4.78, 5) is 22.8. The van der Waals surface area contributed by atoms with Crippen LogP contribution in [0.5, 0.6) is 5.75 Å². The fourth-order valence-electron chi connectivity index (χ4n) is 2.50. The molecule has 5 nitrogen and oxygen atoms in total. The molecule has 1 aliphatic heterocycles. The summed E-state index contributed by atoms with van der Waals surface area (Å²) >= 11 is 1.05. The minimum atomic E-state index is -0.332. The number of benzene rings is 1. The second-order valence-electron chi connectivity index (χ2n) is 6.37. The molecule has 0 aromatic heterocycles. The van der Waals surface area contributed by atoms with Gasteiger partial charge in [-0.1, -0.05) is 42.5 Å². The third kappa shape index (κ3) is 5.95. The highest BCUT2D eigenvalue weighted by molar-refractivity contribution is 8.15. The zero-order valence-electron chi connectivity index (χ0n) is 15.6. The van der Waals surface area contributed by atoms with Crippen LogP contribution in [-0.2, 0) is 9.53 Å². The minimum absolute atomic E-state index is 0.211. The number of nitrogens with one attached hydrogen (secondary N) is 1. The molecule has 0 saturated carbocycles. The van der Waals surface area contributed by atoms with Gasteiger partial charge >= 0.3 is 0 Å². The lowest BCUT2D eigenvalue weighted by molar-refractivity contribution is -0.118. The first-order valence-corrected chi connectivity index (χ1v) is 9.39. The smallest absolute Gasteiger partial charge is 0.286 e. The van der Waals surface area contributed by atoms with Gasteiger partial charge in [0.05, 0.1) is 24.7 Å². The summed E-state index contributed by atoms with van der Waals surface area (Å²) in [6.07, 6.45) is 4.38. The molecule has 1 N–H and O–H groups in total. The molecule has 140 valence electrons. The van der Waals surface area contributed by atoms with E-state index in [9.17, 15) is 9.59 Å². The van der Waals surface area contributed by atoms with E-state index >= 15 is 0 Å². The van der Waals surface area contributed by atoms with Crippen LogP contribution < -0.4 is 10.1 Å². The Bertz CT molecular complexity index is 726. The van der Waals surface area contributed by atoms with Crippen molar-refractivity contribution in [3.63, 3.8) is 0 Å². The highest BCUT2D eigenvalue weighted by atomic mass is 32.2. The Morgan fingerprint density at radius 2 is 2.08 bits per heavy atom. The van der Waals surface area contributed by atoms with Crippen molar-refractivity contribution in [3.05, 3.63) is 53.3 Å². The number of ether oxygens (including phenoxy) is 2. The Kier molecular flexibility index (Phi) is 7.33. The van der Waals surface area contributed by atoms with E-state index in [1.54, 1.807) is 7.11 Å². The van der Waals surface area contributed by atoms with Gasteiger partial charge in [-0.15, -0.1) is 0 Å². The van der Waals surface area contributed by atoms with Gasteiger partial charge in [-0.2, -0.15) is 0 Å². The van der Waals surface area contributed by atoms with E-state index in [4.69, 9.17) is 9.47 Å². The summed E-state index contributed by atoms with van der Waals surface area (Å²) in [5.41, 5.74) is 2.19. The summed E-state index contributed by atoms with van der Waals surface area (Å²) in [5.74, 6) is 1.67. The molecule has 1 aromatic rings. The zero-order chi connectivity index (χ0) is 19.1. The molecule has 26 heavy (non-hydrogen) atoms. The molecule has 1 heterocycles. The van der Waals surface area contributed by atoms with Crippen LogP contribution in [0.15, 0.2) is 47.7 Å². The van der Waals surface area contributed by atoms with Gasteiger partial charge in [0, 0.05) is 5.92 Å². The zero-order valence-corrected chi connectivity index (χ0v) is 16.4. The van der Waals surface area contributed by atoms with Gasteiger partial charge in [0.25, 0.3) is 5.24 Å². The summed E-state index contributed by atoms with van der Waals surface area (Å²) in [7, 11) is 1.66. The lowest BCUT2D eigenvalue weighted by Crippen LogP contribution is -2.24. The predicted octanol–water partition coefficient (Wildman–Crippen LogP) is 4.41. The molecule has 0 bridgehead atoms. The summed E-state index contributed by atoms with van der Waals surface area (Å²) in [6.45, 7) is 6.52. The number of allylic oxidation sites excluding steroid dienone is 4. The molecule has 2 atom stereocenters. The van der Waals surface area contributed by atoms with Crippen LogP contribution in [0.25, 0.3) is 0 Å². The van der Waals surface area contributed by atoms with E-state index in [0.29, 0.717) is 13.0 Å². The maximum atomic E-state index is 11.6. The van der Waals surface area contributed by atoms with Crippen LogP contribution in [0.2, 0.25) is 0 Å². The Labute approximate surface area is 158 Å². The highest BCUT2D eigenvalue weighted by Crippen LogP contribution is 2.25. The Balaban J connectivity index is 1.85. The topological polar surface area (TPSA) is 64.6 Å². The molecule has 1 unspecified atom stereocenters. The van der Waals surface area contributed by atoms with Crippen molar-refractivity contribution in [1.29, 1.82) is 0 Å². The molecule has 1 aromatic carbocycles. The first kappa shape index (κ1) is 20.1. The quantitative estimate of drug-likeness (QED) is 0.539. The number of carbonyl (C=O) groups excluding carboxylic acids is 2. The Morgan fingerprint density at radius 3 is 2.73 bits per heavy atom. The van der Waals surface area contributed by atoms with Crippen LogP contribution in [-0.4, -0.2) is 30.1 Å². The molecule has 0 radical (unpaired) electrons. The number of rotatable bonds is 8. The third-order valence-corrected chi connectivity index (χ3v) is 5.08. The van der Waals surface area contributed by atoms with Gasteiger partial charge in [0.15, 0.2) is 0 Å². The third-order valence-electron chi connectivity index (χ3n) is 4.10. The fraction of sp³-hybridized carbons (Fsp3) is 0.400. The van der Waals surface area contributed by atoms with Gasteiger partial charge in [0.1, 0.15) is 5.75 Å². The van der Waals surface area contributed by atoms with Gasteiger partial charge in [0.2, 0.25) is 5.91 Å². The standard InChI is InChI=1S/C20H25NO4S/c1-13(10-18-19(22)21-20(23)26-18)8-9-15(3)25-12-14(2)16-6-5-7-17(11-16)24-4/h5-9,11,14,18H,10,12H2,1-4H3,(H,21,22,23)/b13-8+,15-9+/t14-,18?/m1/s1. The van der Waals surface area contributed by atoms with Crippen LogP contribution in [0, 0.1) is 0 Å². The van der Waals surface area contributed by atoms with Crippen molar-refractivity contribution in [1.82, 2.24) is 5.32 Å². The lowest BCUT2D eigenvalue weighted by atomic mass is 10.0. The van der Waals surface area contributed by atoms with Gasteiger partial charge < -0.3 is 9.47 Å². The van der Waals surface area contributed by atoms with Crippen molar-refractivity contribution in [3.8, 4) is 5.75 Å². The highest BCUT2D eigenvalue weighted by Gasteiger charge is 2.31. The Hall–Kier alpha value is -2.21. The minimum Gasteiger partial charge on any atom is -0.498 e. The monoisotopic (exact) mass is 375 g/mol. The molecule has 1 fully saturated rings. The van der Waals surface area contributed by atoms with Crippen molar-refractivity contribution in [2.75, 3.05) is 13.7 Å². The van der Waals surface area contributed by atoms with E-state index in [0.717, 1.165) is 34.4 Å². The number of thioether (sulfide) groups is 1. The van der Waals surface area contributed by atoms with E-state index < -0.39 is 0 Å². The van der Waals surface area contributed by atoms with Crippen molar-refractivity contribution < 1.29 is 19.1 Å². The number of hydrogen-bond donors (Lipinski definition) is 1. The first-order chi connectivity index (χ1) is 12.4. The maximum absolute atomic E-state index is 11.6. The Morgan fingerprint density at radius 1 is 1.31 bits per heavy atom. The normalized spacial score (nSPS) is 19.3. The summed E-state index contributed by atoms with van der Waals surface area (Å²) in [5, 5.41) is 1.70. The molecule has 0 aliphatic carbocycles. The van der Waals surface area contributed by atoms with Crippen LogP contribution in [0.4, 0.5) is 4.79 Å². The molecule has 6 heteroatoms. The molecule has 2 amide bonds. The van der Waals surface area contributed by atoms with E-state index in [-0.39, 0.29) is 22.3 Å². The molecule has 2 rings (SSSR count).